The Morgan fingerprint density at radius 2 is 1.42 bits per heavy atom. The van der Waals surface area contributed by atoms with E-state index >= 15 is 0 Å². The summed E-state index contributed by atoms with van der Waals surface area (Å²) in [5.41, 5.74) is 3.80. The predicted molar refractivity (Wildman–Crippen MR) is 111 cm³/mol. The number of benzene rings is 3. The molecule has 0 fully saturated rings. The van der Waals surface area contributed by atoms with Crippen LogP contribution in [0.3, 0.4) is 0 Å². The van der Waals surface area contributed by atoms with Crippen LogP contribution < -0.4 is 0 Å². The van der Waals surface area contributed by atoms with Gasteiger partial charge in [-0.2, -0.15) is 0 Å². The summed E-state index contributed by atoms with van der Waals surface area (Å²) in [6, 6.07) is 26.9. The molecule has 0 atom stereocenters. The van der Waals surface area contributed by atoms with E-state index in [1.165, 1.54) is 20.2 Å². The van der Waals surface area contributed by atoms with Crippen molar-refractivity contribution in [3.8, 4) is 22.5 Å². The summed E-state index contributed by atoms with van der Waals surface area (Å²) in [4.78, 5) is 8.92. The van der Waals surface area contributed by atoms with Crippen molar-refractivity contribution < 1.29 is 0 Å². The third kappa shape index (κ3) is 2.57. The van der Waals surface area contributed by atoms with E-state index in [9.17, 15) is 0 Å². The van der Waals surface area contributed by atoms with Crippen LogP contribution in [0.15, 0.2) is 78.9 Å². The molecule has 4 heteroatoms. The van der Waals surface area contributed by atoms with E-state index in [0.717, 1.165) is 22.5 Å². The zero-order valence-corrected chi connectivity index (χ0v) is 15.3. The molecule has 0 bridgehead atoms. The van der Waals surface area contributed by atoms with E-state index in [-0.39, 0.29) is 5.28 Å². The fraction of sp³-hybridized carbons (Fsp3) is 0. The highest BCUT2D eigenvalue weighted by molar-refractivity contribution is 7.26. The lowest BCUT2D eigenvalue weighted by molar-refractivity contribution is 1.18. The van der Waals surface area contributed by atoms with Gasteiger partial charge in [-0.1, -0.05) is 66.7 Å². The molecule has 0 saturated heterocycles. The summed E-state index contributed by atoms with van der Waals surface area (Å²) in [5, 5.41) is 2.79. The first-order valence-corrected chi connectivity index (χ1v) is 9.50. The van der Waals surface area contributed by atoms with E-state index in [1.807, 2.05) is 36.4 Å². The summed E-state index contributed by atoms with van der Waals surface area (Å²) < 4.78 is 2.50. The number of halogens is 1. The van der Waals surface area contributed by atoms with Crippen molar-refractivity contribution >= 4 is 43.1 Å². The van der Waals surface area contributed by atoms with Crippen LogP contribution in [-0.2, 0) is 0 Å². The molecule has 0 saturated carbocycles. The minimum absolute atomic E-state index is 0.263. The van der Waals surface area contributed by atoms with Gasteiger partial charge in [-0.3, -0.25) is 0 Å². The van der Waals surface area contributed by atoms with Crippen LogP contribution in [0, 0.1) is 0 Å². The fourth-order valence-electron chi connectivity index (χ4n) is 3.26. The van der Waals surface area contributed by atoms with Crippen molar-refractivity contribution in [2.45, 2.75) is 0 Å². The first kappa shape index (κ1) is 15.5. The standard InChI is InChI=1S/C22H13ClN2S/c23-22-24-18(14-7-2-1-3-8-14)13-19(25-22)17-11-6-10-16-15-9-4-5-12-20(15)26-21(16)17/h1-13H. The van der Waals surface area contributed by atoms with Crippen molar-refractivity contribution in [3.63, 3.8) is 0 Å². The molecule has 0 N–H and O–H groups in total. The number of hydrogen-bond donors (Lipinski definition) is 0. The van der Waals surface area contributed by atoms with Crippen molar-refractivity contribution in [1.82, 2.24) is 9.97 Å². The van der Waals surface area contributed by atoms with Gasteiger partial charge in [-0.15, -0.1) is 11.3 Å². The molecule has 0 aliphatic carbocycles. The normalized spacial score (nSPS) is 11.3. The molecule has 3 aromatic carbocycles. The Morgan fingerprint density at radius 1 is 0.692 bits per heavy atom. The topological polar surface area (TPSA) is 25.8 Å². The van der Waals surface area contributed by atoms with E-state index < -0.39 is 0 Å². The van der Waals surface area contributed by atoms with Crippen LogP contribution in [0.25, 0.3) is 42.7 Å². The second-order valence-corrected chi connectivity index (χ2v) is 7.44. The highest BCUT2D eigenvalue weighted by Crippen LogP contribution is 2.39. The predicted octanol–water partition coefficient (Wildman–Crippen LogP) is 6.83. The average Bonchev–Trinajstić information content (AvgIpc) is 3.07. The highest BCUT2D eigenvalue weighted by Gasteiger charge is 2.13. The van der Waals surface area contributed by atoms with E-state index in [0.29, 0.717) is 0 Å². The minimum atomic E-state index is 0.263. The third-order valence-electron chi connectivity index (χ3n) is 4.45. The Morgan fingerprint density at radius 3 is 2.31 bits per heavy atom. The smallest absolute Gasteiger partial charge is 0.218 e. The number of nitrogens with zero attached hydrogens (tertiary/aromatic N) is 2. The van der Waals surface area contributed by atoms with Crippen molar-refractivity contribution in [2.75, 3.05) is 0 Å². The molecule has 5 rings (SSSR count). The summed E-state index contributed by atoms with van der Waals surface area (Å²) in [7, 11) is 0. The zero-order valence-electron chi connectivity index (χ0n) is 13.7. The summed E-state index contributed by atoms with van der Waals surface area (Å²) in [6.45, 7) is 0. The average molecular weight is 373 g/mol. The van der Waals surface area contributed by atoms with Gasteiger partial charge in [0.2, 0.25) is 5.28 Å². The SMILES string of the molecule is Clc1nc(-c2ccccc2)cc(-c2cccc3c2sc2ccccc23)n1. The Balaban J connectivity index is 1.77. The van der Waals surface area contributed by atoms with Gasteiger partial charge in [-0.05, 0) is 23.7 Å². The van der Waals surface area contributed by atoms with Gasteiger partial charge in [0.05, 0.1) is 11.4 Å². The minimum Gasteiger partial charge on any atom is -0.218 e. The second kappa shape index (κ2) is 6.20. The van der Waals surface area contributed by atoms with Gasteiger partial charge in [-0.25, -0.2) is 9.97 Å². The van der Waals surface area contributed by atoms with Gasteiger partial charge in [0.25, 0.3) is 0 Å². The molecule has 0 amide bonds. The zero-order chi connectivity index (χ0) is 17.5. The maximum Gasteiger partial charge on any atom is 0.223 e. The molecule has 0 unspecified atom stereocenters. The summed E-state index contributed by atoms with van der Waals surface area (Å²) >= 11 is 8.05. The second-order valence-electron chi connectivity index (χ2n) is 6.05. The third-order valence-corrected chi connectivity index (χ3v) is 5.84. The Kier molecular flexibility index (Phi) is 3.70. The van der Waals surface area contributed by atoms with Gasteiger partial charge in [0.1, 0.15) is 0 Å². The van der Waals surface area contributed by atoms with Gasteiger partial charge in [0, 0.05) is 31.3 Å². The van der Waals surface area contributed by atoms with Gasteiger partial charge in [0.15, 0.2) is 0 Å². The number of fused-ring (bicyclic) bond motifs is 3. The molecule has 0 aliphatic rings. The lowest BCUT2D eigenvalue weighted by Gasteiger charge is -2.07. The molecular weight excluding hydrogens is 360 g/mol. The lowest BCUT2D eigenvalue weighted by Crippen LogP contribution is -1.91. The Labute approximate surface area is 159 Å². The van der Waals surface area contributed by atoms with Gasteiger partial charge >= 0.3 is 0 Å². The largest absolute Gasteiger partial charge is 0.223 e. The quantitative estimate of drug-likeness (QED) is 0.317. The monoisotopic (exact) mass is 372 g/mol. The van der Waals surface area contributed by atoms with Crippen LogP contribution in [0.2, 0.25) is 5.28 Å². The number of aromatic nitrogens is 2. The molecule has 2 nitrogen and oxygen atoms in total. The molecule has 0 radical (unpaired) electrons. The first-order valence-electron chi connectivity index (χ1n) is 8.30. The van der Waals surface area contributed by atoms with Crippen molar-refractivity contribution in [3.05, 3.63) is 84.1 Å². The fourth-order valence-corrected chi connectivity index (χ4v) is 4.67. The molecule has 5 aromatic rings. The number of thiophene rings is 1. The molecule has 0 spiro atoms. The van der Waals surface area contributed by atoms with E-state index in [2.05, 4.69) is 52.4 Å². The number of hydrogen-bond acceptors (Lipinski definition) is 3. The maximum absolute atomic E-state index is 6.26. The summed E-state index contributed by atoms with van der Waals surface area (Å²) in [5.74, 6) is 0. The molecule has 26 heavy (non-hydrogen) atoms. The molecule has 124 valence electrons. The first-order chi connectivity index (χ1) is 12.8. The highest BCUT2D eigenvalue weighted by atomic mass is 35.5. The maximum atomic E-state index is 6.26. The molecule has 2 heterocycles. The summed E-state index contributed by atoms with van der Waals surface area (Å²) in [6.07, 6.45) is 0. The van der Waals surface area contributed by atoms with Crippen LogP contribution in [-0.4, -0.2) is 9.97 Å². The molecule has 0 aliphatic heterocycles. The van der Waals surface area contributed by atoms with Crippen LogP contribution in [0.1, 0.15) is 0 Å². The number of rotatable bonds is 2. The van der Waals surface area contributed by atoms with Crippen molar-refractivity contribution in [1.29, 1.82) is 0 Å². The van der Waals surface area contributed by atoms with E-state index in [4.69, 9.17) is 11.6 Å². The molecular formula is C22H13ClN2S. The molecule has 2 aromatic heterocycles. The van der Waals surface area contributed by atoms with Crippen LogP contribution >= 0.6 is 22.9 Å². The van der Waals surface area contributed by atoms with E-state index in [1.54, 1.807) is 11.3 Å². The lowest BCUT2D eigenvalue weighted by atomic mass is 10.0. The van der Waals surface area contributed by atoms with Crippen LogP contribution in [0.5, 0.6) is 0 Å². The van der Waals surface area contributed by atoms with Gasteiger partial charge < -0.3 is 0 Å². The van der Waals surface area contributed by atoms with Crippen LogP contribution in [0.4, 0.5) is 0 Å². The van der Waals surface area contributed by atoms with Crippen molar-refractivity contribution in [2.24, 2.45) is 0 Å². The Bertz CT molecular complexity index is 1250. The Hall–Kier alpha value is -2.75.